The molecular formula is C26H32N2O2S. The van der Waals surface area contributed by atoms with Gasteiger partial charge in [0.05, 0.1) is 22.2 Å². The van der Waals surface area contributed by atoms with E-state index in [-0.39, 0.29) is 17.9 Å². The van der Waals surface area contributed by atoms with Gasteiger partial charge in [0, 0.05) is 31.0 Å². The number of carbonyl (C=O) groups is 1. The summed E-state index contributed by atoms with van der Waals surface area (Å²) >= 11 is 1.70. The van der Waals surface area contributed by atoms with E-state index < -0.39 is 0 Å². The molecule has 0 spiro atoms. The first-order chi connectivity index (χ1) is 15.1. The SMILES string of the molecule is CCC(CC)C(=O)N(Cc1cc2ccc(C)cc2nc1-c1cccs1)C[C@H]1CCCO1. The second-order valence-corrected chi connectivity index (χ2v) is 9.48. The number of ether oxygens (including phenoxy) is 1. The standard InChI is InChI=1S/C26H32N2O2S/c1-4-19(5-2)26(29)28(17-22-8-6-12-30-22)16-21-15-20-11-10-18(3)14-23(20)27-25(21)24-9-7-13-31-24/h7,9-11,13-15,19,22H,4-6,8,12,16-17H2,1-3H3/t22-/m1/s1. The van der Waals surface area contributed by atoms with Crippen molar-refractivity contribution in [3.05, 3.63) is 52.9 Å². The third-order valence-corrected chi connectivity index (χ3v) is 7.14. The molecule has 1 aliphatic heterocycles. The van der Waals surface area contributed by atoms with Crippen molar-refractivity contribution in [3.63, 3.8) is 0 Å². The average molecular weight is 437 g/mol. The highest BCUT2D eigenvalue weighted by Crippen LogP contribution is 2.31. The fourth-order valence-corrected chi connectivity index (χ4v) is 5.19. The number of hydrogen-bond donors (Lipinski definition) is 0. The fraction of sp³-hybridized carbons (Fsp3) is 0.462. The summed E-state index contributed by atoms with van der Waals surface area (Å²) in [6, 6.07) is 12.8. The zero-order chi connectivity index (χ0) is 21.8. The molecule has 1 saturated heterocycles. The first-order valence-electron chi connectivity index (χ1n) is 11.4. The van der Waals surface area contributed by atoms with Gasteiger partial charge in [0.25, 0.3) is 0 Å². The maximum absolute atomic E-state index is 13.5. The van der Waals surface area contributed by atoms with Gasteiger partial charge in [-0.15, -0.1) is 11.3 Å². The van der Waals surface area contributed by atoms with Gasteiger partial charge in [0.15, 0.2) is 0 Å². The maximum Gasteiger partial charge on any atom is 0.226 e. The number of thiophene rings is 1. The highest BCUT2D eigenvalue weighted by atomic mass is 32.1. The molecule has 3 aromatic rings. The number of hydrogen-bond acceptors (Lipinski definition) is 4. The molecule has 1 fully saturated rings. The molecule has 2 aromatic heterocycles. The Kier molecular flexibility index (Phi) is 7.03. The van der Waals surface area contributed by atoms with Crippen LogP contribution in [0.2, 0.25) is 0 Å². The van der Waals surface area contributed by atoms with E-state index in [2.05, 4.69) is 62.5 Å². The van der Waals surface area contributed by atoms with E-state index in [4.69, 9.17) is 9.72 Å². The van der Waals surface area contributed by atoms with Crippen molar-refractivity contribution in [2.75, 3.05) is 13.2 Å². The summed E-state index contributed by atoms with van der Waals surface area (Å²) in [6.45, 7) is 8.33. The molecule has 0 saturated carbocycles. The lowest BCUT2D eigenvalue weighted by molar-refractivity contribution is -0.138. The molecule has 0 radical (unpaired) electrons. The Morgan fingerprint density at radius 1 is 1.26 bits per heavy atom. The number of aromatic nitrogens is 1. The Labute approximate surface area is 189 Å². The monoisotopic (exact) mass is 436 g/mol. The van der Waals surface area contributed by atoms with E-state index in [0.29, 0.717) is 13.1 Å². The van der Waals surface area contributed by atoms with E-state index in [9.17, 15) is 4.79 Å². The predicted molar refractivity (Wildman–Crippen MR) is 128 cm³/mol. The quantitative estimate of drug-likeness (QED) is 0.421. The summed E-state index contributed by atoms with van der Waals surface area (Å²) < 4.78 is 5.90. The van der Waals surface area contributed by atoms with Crippen LogP contribution in [-0.2, 0) is 16.1 Å². The number of carbonyl (C=O) groups excluding carboxylic acids is 1. The van der Waals surface area contributed by atoms with Gasteiger partial charge in [-0.1, -0.05) is 32.0 Å². The first-order valence-corrected chi connectivity index (χ1v) is 12.3. The molecule has 0 bridgehead atoms. The largest absolute Gasteiger partial charge is 0.376 e. The van der Waals surface area contributed by atoms with Gasteiger partial charge in [0.2, 0.25) is 5.91 Å². The lowest BCUT2D eigenvalue weighted by atomic mass is 10.00. The molecule has 1 atom stereocenters. The zero-order valence-corrected chi connectivity index (χ0v) is 19.6. The lowest BCUT2D eigenvalue weighted by Crippen LogP contribution is -2.40. The summed E-state index contributed by atoms with van der Waals surface area (Å²) in [7, 11) is 0. The van der Waals surface area contributed by atoms with E-state index in [1.54, 1.807) is 11.3 Å². The van der Waals surface area contributed by atoms with Gasteiger partial charge in [-0.05, 0) is 67.3 Å². The molecule has 3 heterocycles. The van der Waals surface area contributed by atoms with Crippen molar-refractivity contribution < 1.29 is 9.53 Å². The van der Waals surface area contributed by atoms with E-state index >= 15 is 0 Å². The van der Waals surface area contributed by atoms with Crippen LogP contribution in [0.5, 0.6) is 0 Å². The van der Waals surface area contributed by atoms with Gasteiger partial charge in [-0.2, -0.15) is 0 Å². The van der Waals surface area contributed by atoms with Crippen LogP contribution in [0.1, 0.15) is 50.7 Å². The number of benzene rings is 1. The molecule has 4 nitrogen and oxygen atoms in total. The minimum atomic E-state index is 0.0580. The lowest BCUT2D eigenvalue weighted by Gasteiger charge is -2.29. The van der Waals surface area contributed by atoms with Crippen LogP contribution < -0.4 is 0 Å². The molecule has 31 heavy (non-hydrogen) atoms. The minimum absolute atomic E-state index is 0.0580. The number of fused-ring (bicyclic) bond motifs is 1. The third-order valence-electron chi connectivity index (χ3n) is 6.26. The van der Waals surface area contributed by atoms with Gasteiger partial charge < -0.3 is 9.64 Å². The van der Waals surface area contributed by atoms with Crippen LogP contribution >= 0.6 is 11.3 Å². The number of nitrogens with zero attached hydrogens (tertiary/aromatic N) is 2. The average Bonchev–Trinajstić information content (AvgIpc) is 3.48. The number of pyridine rings is 1. The minimum Gasteiger partial charge on any atom is -0.376 e. The van der Waals surface area contributed by atoms with Gasteiger partial charge in [0.1, 0.15) is 0 Å². The van der Waals surface area contributed by atoms with Crippen molar-refractivity contribution >= 4 is 28.1 Å². The molecule has 1 aromatic carbocycles. The molecule has 164 valence electrons. The Bertz CT molecular complexity index is 1020. The van der Waals surface area contributed by atoms with Crippen LogP contribution in [-0.4, -0.2) is 35.0 Å². The van der Waals surface area contributed by atoms with Crippen LogP contribution in [0, 0.1) is 12.8 Å². The van der Waals surface area contributed by atoms with Crippen LogP contribution in [0.15, 0.2) is 41.8 Å². The van der Waals surface area contributed by atoms with Gasteiger partial charge in [-0.3, -0.25) is 4.79 Å². The fourth-order valence-electron chi connectivity index (χ4n) is 4.44. The summed E-state index contributed by atoms with van der Waals surface area (Å²) in [4.78, 5) is 21.7. The van der Waals surface area contributed by atoms with E-state index in [1.807, 2.05) is 4.90 Å². The Morgan fingerprint density at radius 2 is 2.10 bits per heavy atom. The second-order valence-electron chi connectivity index (χ2n) is 8.54. The summed E-state index contributed by atoms with van der Waals surface area (Å²) in [5, 5.41) is 3.20. The van der Waals surface area contributed by atoms with Gasteiger partial charge in [-0.25, -0.2) is 4.98 Å². The second kappa shape index (κ2) is 9.92. The molecule has 5 heteroatoms. The predicted octanol–water partition coefficient (Wildman–Crippen LogP) is 6.22. The van der Waals surface area contributed by atoms with Crippen molar-refractivity contribution in [1.82, 2.24) is 9.88 Å². The summed E-state index contributed by atoms with van der Waals surface area (Å²) in [5.74, 6) is 0.296. The van der Waals surface area contributed by atoms with Crippen molar-refractivity contribution in [2.45, 2.75) is 59.1 Å². The van der Waals surface area contributed by atoms with Crippen LogP contribution in [0.4, 0.5) is 0 Å². The molecule has 1 amide bonds. The molecule has 1 aliphatic rings. The third kappa shape index (κ3) is 4.99. The normalized spacial score (nSPS) is 16.3. The van der Waals surface area contributed by atoms with E-state index in [0.717, 1.165) is 59.3 Å². The van der Waals surface area contributed by atoms with Crippen molar-refractivity contribution in [3.8, 4) is 10.6 Å². The number of rotatable bonds is 8. The number of aryl methyl sites for hydroxylation is 1. The Morgan fingerprint density at radius 3 is 2.77 bits per heavy atom. The van der Waals surface area contributed by atoms with E-state index in [1.165, 1.54) is 5.56 Å². The summed E-state index contributed by atoms with van der Waals surface area (Å²) in [5.41, 5.74) is 4.30. The molecular weight excluding hydrogens is 404 g/mol. The maximum atomic E-state index is 13.5. The molecule has 0 unspecified atom stereocenters. The molecule has 0 N–H and O–H groups in total. The van der Waals surface area contributed by atoms with Crippen molar-refractivity contribution in [2.24, 2.45) is 5.92 Å². The van der Waals surface area contributed by atoms with Gasteiger partial charge >= 0.3 is 0 Å². The zero-order valence-electron chi connectivity index (χ0n) is 18.8. The smallest absolute Gasteiger partial charge is 0.226 e. The van der Waals surface area contributed by atoms with Crippen LogP contribution in [0.25, 0.3) is 21.5 Å². The molecule has 4 rings (SSSR count). The highest BCUT2D eigenvalue weighted by molar-refractivity contribution is 7.13. The summed E-state index contributed by atoms with van der Waals surface area (Å²) in [6.07, 6.45) is 3.98. The topological polar surface area (TPSA) is 42.4 Å². The highest BCUT2D eigenvalue weighted by Gasteiger charge is 2.27. The Balaban J connectivity index is 1.73. The number of amides is 1. The van der Waals surface area contributed by atoms with Crippen molar-refractivity contribution in [1.29, 1.82) is 0 Å². The molecule has 0 aliphatic carbocycles. The Hall–Kier alpha value is -2.24. The van der Waals surface area contributed by atoms with Crippen LogP contribution in [0.3, 0.4) is 0 Å². The first kappa shape index (κ1) is 22.0.